The van der Waals surface area contributed by atoms with Gasteiger partial charge in [-0.15, -0.1) is 0 Å². The summed E-state index contributed by atoms with van der Waals surface area (Å²) in [5.41, 5.74) is 6.90. The summed E-state index contributed by atoms with van der Waals surface area (Å²) < 4.78 is 6.64. The van der Waals surface area contributed by atoms with Gasteiger partial charge in [0.25, 0.3) is 5.56 Å². The molecule has 82 valence electrons. The van der Waals surface area contributed by atoms with Crippen molar-refractivity contribution < 1.29 is 4.74 Å². The van der Waals surface area contributed by atoms with E-state index in [2.05, 4.69) is 0 Å². The molecule has 0 aliphatic heterocycles. The van der Waals surface area contributed by atoms with Crippen molar-refractivity contribution in [1.82, 2.24) is 4.57 Å². The molecule has 4 nitrogen and oxygen atoms in total. The lowest BCUT2D eigenvalue weighted by Gasteiger charge is -2.09. The van der Waals surface area contributed by atoms with E-state index < -0.39 is 0 Å². The molecule has 2 N–H and O–H groups in total. The van der Waals surface area contributed by atoms with Gasteiger partial charge in [0.1, 0.15) is 5.75 Å². The molecule has 0 aliphatic carbocycles. The highest BCUT2D eigenvalue weighted by Crippen LogP contribution is 2.23. The Morgan fingerprint density at radius 2 is 2.06 bits per heavy atom. The topological polar surface area (TPSA) is 57.2 Å². The first kappa shape index (κ1) is 10.3. The minimum absolute atomic E-state index is 0.0886. The molecular formula is C12H12N2O2. The zero-order valence-corrected chi connectivity index (χ0v) is 8.88. The number of ether oxygens (including phenoxy) is 1. The van der Waals surface area contributed by atoms with Crippen molar-refractivity contribution in [2.24, 2.45) is 0 Å². The molecular weight excluding hydrogens is 204 g/mol. The summed E-state index contributed by atoms with van der Waals surface area (Å²) in [5.74, 6) is 0.563. The molecule has 0 unspecified atom stereocenters. The Hall–Kier alpha value is -2.23. The number of methoxy groups -OCH3 is 1. The molecule has 1 heterocycles. The van der Waals surface area contributed by atoms with E-state index >= 15 is 0 Å². The van der Waals surface area contributed by atoms with Crippen LogP contribution >= 0.6 is 0 Å². The predicted octanol–water partition coefficient (Wildman–Crippen LogP) is 1.43. The van der Waals surface area contributed by atoms with Gasteiger partial charge in [0.05, 0.1) is 18.5 Å². The minimum atomic E-state index is -0.0886. The van der Waals surface area contributed by atoms with E-state index in [9.17, 15) is 4.79 Å². The van der Waals surface area contributed by atoms with E-state index in [-0.39, 0.29) is 5.56 Å². The van der Waals surface area contributed by atoms with Gasteiger partial charge in [0.15, 0.2) is 0 Å². The SMILES string of the molecule is COc1cc(-n2ccccc2=O)ccc1N. The first-order chi connectivity index (χ1) is 7.72. The van der Waals surface area contributed by atoms with E-state index in [0.29, 0.717) is 11.4 Å². The predicted molar refractivity (Wildman–Crippen MR) is 63.0 cm³/mol. The highest BCUT2D eigenvalue weighted by atomic mass is 16.5. The van der Waals surface area contributed by atoms with Crippen molar-refractivity contribution >= 4 is 5.69 Å². The Balaban J connectivity index is 2.57. The average Bonchev–Trinajstić information content (AvgIpc) is 2.31. The van der Waals surface area contributed by atoms with Crippen molar-refractivity contribution in [3.8, 4) is 11.4 Å². The van der Waals surface area contributed by atoms with Gasteiger partial charge >= 0.3 is 0 Å². The van der Waals surface area contributed by atoms with Crippen LogP contribution < -0.4 is 16.0 Å². The number of nitrogen functional groups attached to an aromatic ring is 1. The van der Waals surface area contributed by atoms with E-state index in [1.165, 1.54) is 10.6 Å². The lowest BCUT2D eigenvalue weighted by molar-refractivity contribution is 0.417. The van der Waals surface area contributed by atoms with E-state index in [1.54, 1.807) is 43.6 Å². The van der Waals surface area contributed by atoms with Crippen LogP contribution in [0.5, 0.6) is 5.75 Å². The third-order valence-electron chi connectivity index (χ3n) is 2.32. The Bertz CT molecular complexity index is 561. The van der Waals surface area contributed by atoms with E-state index in [4.69, 9.17) is 10.5 Å². The van der Waals surface area contributed by atoms with Gasteiger partial charge in [0, 0.05) is 18.3 Å². The summed E-state index contributed by atoms with van der Waals surface area (Å²) >= 11 is 0. The summed E-state index contributed by atoms with van der Waals surface area (Å²) in [4.78, 5) is 11.6. The van der Waals surface area contributed by atoms with Crippen LogP contribution in [0.25, 0.3) is 5.69 Å². The van der Waals surface area contributed by atoms with Gasteiger partial charge in [-0.05, 0) is 18.2 Å². The minimum Gasteiger partial charge on any atom is -0.495 e. The zero-order chi connectivity index (χ0) is 11.5. The molecule has 0 radical (unpaired) electrons. The molecule has 0 saturated carbocycles. The summed E-state index contributed by atoms with van der Waals surface area (Å²) in [5, 5.41) is 0. The second kappa shape index (κ2) is 4.10. The molecule has 2 rings (SSSR count). The molecule has 0 amide bonds. The maximum Gasteiger partial charge on any atom is 0.255 e. The van der Waals surface area contributed by atoms with Crippen molar-refractivity contribution in [2.75, 3.05) is 12.8 Å². The molecule has 0 aliphatic rings. The molecule has 0 spiro atoms. The first-order valence-electron chi connectivity index (χ1n) is 4.84. The number of rotatable bonds is 2. The summed E-state index contributed by atoms with van der Waals surface area (Å²) in [6.45, 7) is 0. The Labute approximate surface area is 92.9 Å². The Kier molecular flexibility index (Phi) is 2.64. The summed E-state index contributed by atoms with van der Waals surface area (Å²) in [6, 6.07) is 10.2. The molecule has 0 bridgehead atoms. The number of nitrogens with zero attached hydrogens (tertiary/aromatic N) is 1. The van der Waals surface area contributed by atoms with E-state index in [0.717, 1.165) is 5.69 Å². The number of pyridine rings is 1. The maximum atomic E-state index is 11.6. The zero-order valence-electron chi connectivity index (χ0n) is 8.88. The average molecular weight is 216 g/mol. The molecule has 1 aromatic heterocycles. The molecule has 1 aromatic carbocycles. The maximum absolute atomic E-state index is 11.6. The fraction of sp³-hybridized carbons (Fsp3) is 0.0833. The van der Waals surface area contributed by atoms with E-state index in [1.807, 2.05) is 0 Å². The molecule has 0 saturated heterocycles. The smallest absolute Gasteiger partial charge is 0.255 e. The fourth-order valence-electron chi connectivity index (χ4n) is 1.49. The van der Waals surface area contributed by atoms with Crippen molar-refractivity contribution in [3.05, 3.63) is 52.9 Å². The van der Waals surface area contributed by atoms with Crippen molar-refractivity contribution in [3.63, 3.8) is 0 Å². The number of aromatic nitrogens is 1. The van der Waals surface area contributed by atoms with Crippen LogP contribution in [-0.2, 0) is 0 Å². The van der Waals surface area contributed by atoms with Gasteiger partial charge < -0.3 is 10.5 Å². The monoisotopic (exact) mass is 216 g/mol. The van der Waals surface area contributed by atoms with Crippen LogP contribution in [0.15, 0.2) is 47.4 Å². The van der Waals surface area contributed by atoms with Gasteiger partial charge in [-0.2, -0.15) is 0 Å². The second-order valence-corrected chi connectivity index (χ2v) is 3.34. The summed E-state index contributed by atoms with van der Waals surface area (Å²) in [6.07, 6.45) is 1.70. The molecule has 0 fully saturated rings. The van der Waals surface area contributed by atoms with Gasteiger partial charge in [0.2, 0.25) is 0 Å². The van der Waals surface area contributed by atoms with Gasteiger partial charge in [-0.3, -0.25) is 9.36 Å². The lowest BCUT2D eigenvalue weighted by Crippen LogP contribution is -2.15. The number of hydrogen-bond donors (Lipinski definition) is 1. The fourth-order valence-corrected chi connectivity index (χ4v) is 1.49. The highest BCUT2D eigenvalue weighted by Gasteiger charge is 2.03. The van der Waals surface area contributed by atoms with Crippen LogP contribution in [-0.4, -0.2) is 11.7 Å². The van der Waals surface area contributed by atoms with Crippen molar-refractivity contribution in [2.45, 2.75) is 0 Å². The third-order valence-corrected chi connectivity index (χ3v) is 2.32. The van der Waals surface area contributed by atoms with Crippen LogP contribution in [0.2, 0.25) is 0 Å². The van der Waals surface area contributed by atoms with Crippen LogP contribution in [0, 0.1) is 0 Å². The Morgan fingerprint density at radius 1 is 1.25 bits per heavy atom. The summed E-state index contributed by atoms with van der Waals surface area (Å²) in [7, 11) is 1.54. The molecule has 0 atom stereocenters. The van der Waals surface area contributed by atoms with Crippen LogP contribution in [0.1, 0.15) is 0 Å². The lowest BCUT2D eigenvalue weighted by atomic mass is 10.2. The third kappa shape index (κ3) is 1.77. The Morgan fingerprint density at radius 3 is 2.75 bits per heavy atom. The standard InChI is InChI=1S/C12H12N2O2/c1-16-11-8-9(5-6-10(11)13)14-7-3-2-4-12(14)15/h2-8H,13H2,1H3. The van der Waals surface area contributed by atoms with Gasteiger partial charge in [-0.1, -0.05) is 6.07 Å². The molecule has 2 aromatic rings. The van der Waals surface area contributed by atoms with Crippen LogP contribution in [0.4, 0.5) is 5.69 Å². The first-order valence-corrected chi connectivity index (χ1v) is 4.84. The highest BCUT2D eigenvalue weighted by molar-refractivity contribution is 5.57. The number of benzene rings is 1. The van der Waals surface area contributed by atoms with Crippen molar-refractivity contribution in [1.29, 1.82) is 0 Å². The number of nitrogens with two attached hydrogens (primary N) is 1. The second-order valence-electron chi connectivity index (χ2n) is 3.34. The van der Waals surface area contributed by atoms with Gasteiger partial charge in [-0.25, -0.2) is 0 Å². The number of anilines is 1. The number of hydrogen-bond acceptors (Lipinski definition) is 3. The largest absolute Gasteiger partial charge is 0.495 e. The van der Waals surface area contributed by atoms with Crippen LogP contribution in [0.3, 0.4) is 0 Å². The normalized spacial score (nSPS) is 10.1. The quantitative estimate of drug-likeness (QED) is 0.772. The molecule has 4 heteroatoms. The molecule has 16 heavy (non-hydrogen) atoms.